The van der Waals surface area contributed by atoms with Crippen LogP contribution in [0.3, 0.4) is 0 Å². The standard InChI is InChI=1S/C12H12N2O3/c15-12-3-1-2-10(8-12)13-9-4-6-11(7-5-9)14(16)17/h4-8,13H,1-3H2. The molecule has 0 unspecified atom stereocenters. The quantitative estimate of drug-likeness (QED) is 0.642. The highest BCUT2D eigenvalue weighted by Crippen LogP contribution is 2.20. The molecule has 1 N–H and O–H groups in total. The summed E-state index contributed by atoms with van der Waals surface area (Å²) in [4.78, 5) is 21.2. The van der Waals surface area contributed by atoms with Crippen molar-refractivity contribution < 1.29 is 9.72 Å². The number of nitro groups is 1. The van der Waals surface area contributed by atoms with E-state index in [-0.39, 0.29) is 11.5 Å². The van der Waals surface area contributed by atoms with Crippen molar-refractivity contribution in [2.24, 2.45) is 0 Å². The minimum absolute atomic E-state index is 0.0595. The summed E-state index contributed by atoms with van der Waals surface area (Å²) in [5, 5.41) is 13.6. The Bertz CT molecular complexity index is 477. The number of nitro benzene ring substituents is 1. The van der Waals surface area contributed by atoms with Crippen LogP contribution in [0.25, 0.3) is 0 Å². The molecule has 5 nitrogen and oxygen atoms in total. The van der Waals surface area contributed by atoms with E-state index in [9.17, 15) is 14.9 Å². The number of anilines is 1. The zero-order chi connectivity index (χ0) is 12.3. The molecule has 1 aliphatic rings. The molecule has 0 aromatic heterocycles. The molecule has 17 heavy (non-hydrogen) atoms. The van der Waals surface area contributed by atoms with Gasteiger partial charge in [-0.05, 0) is 25.0 Å². The molecule has 0 heterocycles. The highest BCUT2D eigenvalue weighted by Gasteiger charge is 2.10. The van der Waals surface area contributed by atoms with Gasteiger partial charge in [-0.3, -0.25) is 14.9 Å². The Balaban J connectivity index is 2.08. The van der Waals surface area contributed by atoms with Gasteiger partial charge in [0.05, 0.1) is 4.92 Å². The zero-order valence-corrected chi connectivity index (χ0v) is 9.18. The Morgan fingerprint density at radius 1 is 1.18 bits per heavy atom. The minimum Gasteiger partial charge on any atom is -0.359 e. The Hall–Kier alpha value is -2.17. The molecule has 0 amide bonds. The highest BCUT2D eigenvalue weighted by molar-refractivity contribution is 5.91. The van der Waals surface area contributed by atoms with Gasteiger partial charge in [0.1, 0.15) is 0 Å². The fourth-order valence-electron chi connectivity index (χ4n) is 1.74. The van der Waals surface area contributed by atoms with Gasteiger partial charge < -0.3 is 5.32 Å². The van der Waals surface area contributed by atoms with Crippen LogP contribution in [0.2, 0.25) is 0 Å². The predicted molar refractivity (Wildman–Crippen MR) is 63.7 cm³/mol. The lowest BCUT2D eigenvalue weighted by Gasteiger charge is -2.14. The van der Waals surface area contributed by atoms with Crippen molar-refractivity contribution in [2.45, 2.75) is 19.3 Å². The first kappa shape index (κ1) is 11.3. The summed E-state index contributed by atoms with van der Waals surface area (Å²) in [6, 6.07) is 6.15. The normalized spacial score (nSPS) is 15.3. The average Bonchev–Trinajstić information content (AvgIpc) is 2.29. The number of rotatable bonds is 3. The number of carbonyl (C=O) groups is 1. The second-order valence-corrected chi connectivity index (χ2v) is 3.92. The van der Waals surface area contributed by atoms with Crippen LogP contribution in [0.15, 0.2) is 36.0 Å². The molecule has 0 saturated heterocycles. The van der Waals surface area contributed by atoms with Crippen molar-refractivity contribution in [1.82, 2.24) is 0 Å². The summed E-state index contributed by atoms with van der Waals surface area (Å²) in [6.07, 6.45) is 3.89. The number of nitrogens with one attached hydrogen (secondary N) is 1. The van der Waals surface area contributed by atoms with Crippen LogP contribution >= 0.6 is 0 Å². The molecule has 0 radical (unpaired) electrons. The van der Waals surface area contributed by atoms with E-state index in [4.69, 9.17) is 0 Å². The third kappa shape index (κ3) is 2.90. The van der Waals surface area contributed by atoms with Crippen LogP contribution in [-0.4, -0.2) is 10.7 Å². The lowest BCUT2D eigenvalue weighted by atomic mass is 10.0. The molecule has 0 spiro atoms. The van der Waals surface area contributed by atoms with Gasteiger partial charge in [0, 0.05) is 36.0 Å². The smallest absolute Gasteiger partial charge is 0.269 e. The summed E-state index contributed by atoms with van der Waals surface area (Å²) >= 11 is 0. The summed E-state index contributed by atoms with van der Waals surface area (Å²) in [7, 11) is 0. The SMILES string of the molecule is O=C1C=C(Nc2ccc([N+](=O)[O-])cc2)CCC1. The lowest BCUT2D eigenvalue weighted by molar-refractivity contribution is -0.384. The predicted octanol–water partition coefficient (Wildman–Crippen LogP) is 2.64. The average molecular weight is 232 g/mol. The largest absolute Gasteiger partial charge is 0.359 e. The van der Waals surface area contributed by atoms with Crippen LogP contribution in [0.1, 0.15) is 19.3 Å². The summed E-state index contributed by atoms with van der Waals surface area (Å²) in [5.41, 5.74) is 1.69. The molecule has 0 fully saturated rings. The molecule has 0 aliphatic heterocycles. The maximum Gasteiger partial charge on any atom is 0.269 e. The van der Waals surface area contributed by atoms with Gasteiger partial charge in [-0.2, -0.15) is 0 Å². The van der Waals surface area contributed by atoms with E-state index in [1.54, 1.807) is 18.2 Å². The fourth-order valence-corrected chi connectivity index (χ4v) is 1.74. The monoisotopic (exact) mass is 232 g/mol. The van der Waals surface area contributed by atoms with Crippen molar-refractivity contribution in [3.05, 3.63) is 46.2 Å². The van der Waals surface area contributed by atoms with E-state index < -0.39 is 4.92 Å². The summed E-state index contributed by atoms with van der Waals surface area (Å²) in [6.45, 7) is 0. The molecule has 1 aromatic carbocycles. The van der Waals surface area contributed by atoms with Crippen molar-refractivity contribution in [1.29, 1.82) is 0 Å². The van der Waals surface area contributed by atoms with E-state index in [0.717, 1.165) is 24.2 Å². The molecule has 1 aliphatic carbocycles. The molecule has 5 heteroatoms. The molecule has 1 aromatic rings. The Morgan fingerprint density at radius 2 is 1.88 bits per heavy atom. The van der Waals surface area contributed by atoms with E-state index in [2.05, 4.69) is 5.32 Å². The van der Waals surface area contributed by atoms with Gasteiger partial charge in [-0.25, -0.2) is 0 Å². The van der Waals surface area contributed by atoms with Crippen LogP contribution in [-0.2, 0) is 4.79 Å². The second-order valence-electron chi connectivity index (χ2n) is 3.92. The number of non-ortho nitro benzene ring substituents is 1. The van der Waals surface area contributed by atoms with Crippen molar-refractivity contribution in [3.63, 3.8) is 0 Å². The van der Waals surface area contributed by atoms with Crippen LogP contribution in [0, 0.1) is 10.1 Å². The van der Waals surface area contributed by atoms with E-state index >= 15 is 0 Å². The number of hydrogen-bond donors (Lipinski definition) is 1. The number of ketones is 1. The zero-order valence-electron chi connectivity index (χ0n) is 9.18. The van der Waals surface area contributed by atoms with Crippen LogP contribution in [0.4, 0.5) is 11.4 Å². The second kappa shape index (κ2) is 4.78. The molecule has 0 saturated carbocycles. The topological polar surface area (TPSA) is 72.2 Å². The fraction of sp³-hybridized carbons (Fsp3) is 0.250. The van der Waals surface area contributed by atoms with Crippen LogP contribution < -0.4 is 5.32 Å². The molecule has 88 valence electrons. The Labute approximate surface area is 98.3 Å². The lowest BCUT2D eigenvalue weighted by Crippen LogP contribution is -2.09. The number of benzene rings is 1. The van der Waals surface area contributed by atoms with E-state index in [0.29, 0.717) is 6.42 Å². The van der Waals surface area contributed by atoms with E-state index in [1.807, 2.05) is 0 Å². The number of nitrogens with zero attached hydrogens (tertiary/aromatic N) is 1. The number of hydrogen-bond acceptors (Lipinski definition) is 4. The maximum atomic E-state index is 11.2. The molecular formula is C12H12N2O3. The molecular weight excluding hydrogens is 220 g/mol. The van der Waals surface area contributed by atoms with Gasteiger partial charge in [0.15, 0.2) is 5.78 Å². The minimum atomic E-state index is -0.437. The van der Waals surface area contributed by atoms with E-state index in [1.165, 1.54) is 12.1 Å². The third-order valence-electron chi connectivity index (χ3n) is 2.59. The molecule has 0 atom stereocenters. The summed E-state index contributed by atoms with van der Waals surface area (Å²) in [5.74, 6) is 0.126. The maximum absolute atomic E-state index is 11.2. The summed E-state index contributed by atoms with van der Waals surface area (Å²) < 4.78 is 0. The van der Waals surface area contributed by atoms with Crippen molar-refractivity contribution >= 4 is 17.2 Å². The molecule has 2 rings (SSSR count). The van der Waals surface area contributed by atoms with Gasteiger partial charge in [0.2, 0.25) is 0 Å². The Morgan fingerprint density at radius 3 is 2.47 bits per heavy atom. The first-order chi connectivity index (χ1) is 8.15. The van der Waals surface area contributed by atoms with Gasteiger partial charge >= 0.3 is 0 Å². The number of carbonyl (C=O) groups excluding carboxylic acids is 1. The van der Waals surface area contributed by atoms with Crippen molar-refractivity contribution in [2.75, 3.05) is 5.32 Å². The number of allylic oxidation sites excluding steroid dienone is 2. The van der Waals surface area contributed by atoms with Gasteiger partial charge in [-0.15, -0.1) is 0 Å². The first-order valence-electron chi connectivity index (χ1n) is 5.40. The van der Waals surface area contributed by atoms with Crippen LogP contribution in [0.5, 0.6) is 0 Å². The van der Waals surface area contributed by atoms with Gasteiger partial charge in [-0.1, -0.05) is 0 Å². The Kier molecular flexibility index (Phi) is 3.18. The third-order valence-corrected chi connectivity index (χ3v) is 2.59. The first-order valence-corrected chi connectivity index (χ1v) is 5.40. The highest BCUT2D eigenvalue weighted by atomic mass is 16.6. The molecule has 0 bridgehead atoms. The van der Waals surface area contributed by atoms with Crippen molar-refractivity contribution in [3.8, 4) is 0 Å². The van der Waals surface area contributed by atoms with Gasteiger partial charge in [0.25, 0.3) is 5.69 Å².